The molecule has 4 radical (unpaired) electrons. The van der Waals surface area contributed by atoms with Gasteiger partial charge in [-0.2, -0.15) is 30.2 Å². The summed E-state index contributed by atoms with van der Waals surface area (Å²) in [4.78, 5) is 22.3. The fraction of sp³-hybridized carbons (Fsp3) is 0.714. The minimum Gasteiger partial charge on any atom is -0.780 e. The van der Waals surface area contributed by atoms with E-state index in [1.807, 2.05) is 30.3 Å². The number of rotatable bonds is 16. The van der Waals surface area contributed by atoms with Gasteiger partial charge in [0.1, 0.15) is 0 Å². The molecule has 0 N–H and O–H groups in total. The largest absolute Gasteiger partial charge is 1.00 e. The number of carbonyl (C=O) groups excluding carboxylic acids is 2. The van der Waals surface area contributed by atoms with Crippen molar-refractivity contribution >= 4 is 74.3 Å². The third-order valence-electron chi connectivity index (χ3n) is 4.88. The Balaban J connectivity index is -0.000000470. The average Bonchev–Trinajstić information content (AvgIpc) is 2.83. The molecule has 0 aromatic heterocycles. The molecule has 1 aromatic rings. The summed E-state index contributed by atoms with van der Waals surface area (Å²) < 4.78 is 9.81. The number of hydrogen-bond donors (Lipinski definition) is 2. The molecule has 0 aliphatic heterocycles. The van der Waals surface area contributed by atoms with Gasteiger partial charge in [-0.25, -0.2) is 0 Å². The van der Waals surface area contributed by atoms with Crippen LogP contribution in [0, 0.1) is 11.8 Å². The Morgan fingerprint density at radius 1 is 0.694 bits per heavy atom. The molecule has 8 heteroatoms. The normalized spacial score (nSPS) is 9.89. The molecule has 1 aromatic carbocycles. The molecule has 36 heavy (non-hydrogen) atoms. The third-order valence-corrected chi connectivity index (χ3v) is 5.67. The molecule has 0 saturated heterocycles. The maximum Gasteiger partial charge on any atom is 1.00 e. The number of thiol groups is 2. The van der Waals surface area contributed by atoms with E-state index < -0.39 is 0 Å². The summed E-state index contributed by atoms with van der Waals surface area (Å²) in [6.45, 7) is 10.1. The standard InChI is InChI=1S/2C11H22O2S.C6H6S.Sb/c2*1-10(2)7-5-3-4-6-8-13-11(12)9-14;7-6-4-2-1-3-5-6;/h2*10,14H,3-9H2,1-2H3;1-5,7H;/q;;;+1/p-1. The first kappa shape index (κ1) is 40.4. The van der Waals surface area contributed by atoms with Crippen LogP contribution in [-0.2, 0) is 31.7 Å². The summed E-state index contributed by atoms with van der Waals surface area (Å²) in [7, 11) is 0. The summed E-state index contributed by atoms with van der Waals surface area (Å²) in [6.07, 6.45) is 12.0. The van der Waals surface area contributed by atoms with Crippen LogP contribution in [-0.4, -0.2) is 61.1 Å². The van der Waals surface area contributed by atoms with Gasteiger partial charge >= 0.3 is 36.4 Å². The summed E-state index contributed by atoms with van der Waals surface area (Å²) in [5, 5.41) is 0. The summed E-state index contributed by atoms with van der Waals surface area (Å²) in [5.74, 6) is 1.56. The van der Waals surface area contributed by atoms with E-state index in [-0.39, 0.29) is 47.9 Å². The first-order chi connectivity index (χ1) is 16.7. The zero-order valence-corrected chi connectivity index (χ0v) is 28.0. The molecule has 0 unspecified atom stereocenters. The van der Waals surface area contributed by atoms with Crippen LogP contribution in [0.25, 0.3) is 0 Å². The molecule has 0 spiro atoms. The van der Waals surface area contributed by atoms with Crippen LogP contribution in [0.1, 0.15) is 91.9 Å². The fourth-order valence-corrected chi connectivity index (χ4v) is 3.24. The molecule has 0 heterocycles. The van der Waals surface area contributed by atoms with Gasteiger partial charge in [-0.15, -0.1) is 0 Å². The van der Waals surface area contributed by atoms with E-state index in [0.29, 0.717) is 13.2 Å². The predicted molar refractivity (Wildman–Crippen MR) is 163 cm³/mol. The van der Waals surface area contributed by atoms with E-state index in [9.17, 15) is 9.59 Å². The quantitative estimate of drug-likeness (QED) is 0.0636. The van der Waals surface area contributed by atoms with Gasteiger partial charge in [0.2, 0.25) is 0 Å². The second kappa shape index (κ2) is 31.1. The van der Waals surface area contributed by atoms with Crippen molar-refractivity contribution in [1.29, 1.82) is 0 Å². The molecular weight excluding hydrogens is 618 g/mol. The van der Waals surface area contributed by atoms with Crippen LogP contribution >= 0.6 is 25.3 Å². The average molecular weight is 668 g/mol. The minimum atomic E-state index is -0.212. The Kier molecular flexibility index (Phi) is 34.9. The molecule has 208 valence electrons. The van der Waals surface area contributed by atoms with E-state index in [4.69, 9.17) is 22.1 Å². The first-order valence-electron chi connectivity index (χ1n) is 13.0. The van der Waals surface area contributed by atoms with E-state index in [0.717, 1.165) is 42.4 Å². The van der Waals surface area contributed by atoms with Crippen LogP contribution in [0.3, 0.4) is 0 Å². The molecule has 0 fully saturated rings. The van der Waals surface area contributed by atoms with E-state index in [1.54, 1.807) is 0 Å². The fourth-order valence-electron chi connectivity index (χ4n) is 2.90. The maximum absolute atomic E-state index is 10.7. The molecule has 0 aliphatic rings. The molecule has 0 amide bonds. The molecule has 0 atom stereocenters. The van der Waals surface area contributed by atoms with Crippen LogP contribution in [0.2, 0.25) is 0 Å². The topological polar surface area (TPSA) is 52.6 Å². The van der Waals surface area contributed by atoms with E-state index in [1.165, 1.54) is 38.5 Å². The third kappa shape index (κ3) is 36.1. The van der Waals surface area contributed by atoms with E-state index >= 15 is 0 Å². The summed E-state index contributed by atoms with van der Waals surface area (Å²) >= 11 is 12.5. The van der Waals surface area contributed by atoms with Crippen molar-refractivity contribution in [2.45, 2.75) is 96.8 Å². The number of unbranched alkanes of at least 4 members (excludes halogenated alkanes) is 6. The number of carbonyl (C=O) groups is 2. The van der Waals surface area contributed by atoms with Gasteiger partial charge in [0.05, 0.1) is 24.7 Å². The van der Waals surface area contributed by atoms with Crippen LogP contribution in [0.4, 0.5) is 0 Å². The Hall–Kier alpha value is -0.102. The summed E-state index contributed by atoms with van der Waals surface area (Å²) in [6, 6.07) is 9.62. The first-order valence-corrected chi connectivity index (χ1v) is 14.6. The molecule has 0 saturated carbocycles. The SMILES string of the molecule is CC(C)CCCCCCOC(=O)CS.CC(C)CCCCCCOC(=O)CS.[S-]c1ccccc1.[Sb+]. The van der Waals surface area contributed by atoms with Gasteiger partial charge in [0, 0.05) is 0 Å². The molecule has 4 nitrogen and oxygen atoms in total. The number of hydrogen-bond acceptors (Lipinski definition) is 7. The monoisotopic (exact) mass is 666 g/mol. The second-order valence-corrected chi connectivity index (χ2v) is 10.4. The van der Waals surface area contributed by atoms with Gasteiger partial charge in [-0.05, 0) is 24.7 Å². The van der Waals surface area contributed by atoms with Crippen LogP contribution in [0.15, 0.2) is 35.2 Å². The van der Waals surface area contributed by atoms with Crippen LogP contribution < -0.4 is 0 Å². The second-order valence-electron chi connectivity index (χ2n) is 9.26. The van der Waals surface area contributed by atoms with Crippen LogP contribution in [0.5, 0.6) is 0 Å². The van der Waals surface area contributed by atoms with Gasteiger partial charge in [0.25, 0.3) is 0 Å². The Morgan fingerprint density at radius 2 is 1.06 bits per heavy atom. The minimum absolute atomic E-state index is 0. The molecule has 0 bridgehead atoms. The maximum atomic E-state index is 10.7. The van der Waals surface area contributed by atoms with Gasteiger partial charge in [0.15, 0.2) is 0 Å². The summed E-state index contributed by atoms with van der Waals surface area (Å²) in [5.41, 5.74) is 0. The Bertz CT molecular complexity index is 568. The van der Waals surface area contributed by atoms with Crippen molar-refractivity contribution < 1.29 is 19.1 Å². The van der Waals surface area contributed by atoms with Crippen molar-refractivity contribution in [1.82, 2.24) is 0 Å². The number of ether oxygens (including phenoxy) is 2. The molecular formula is C28H49O4S3Sb. The van der Waals surface area contributed by atoms with E-state index in [2.05, 4.69) is 53.0 Å². The number of esters is 2. The van der Waals surface area contributed by atoms with Gasteiger partial charge < -0.3 is 22.1 Å². The van der Waals surface area contributed by atoms with Gasteiger partial charge in [-0.1, -0.05) is 109 Å². The van der Waals surface area contributed by atoms with Gasteiger partial charge in [-0.3, -0.25) is 9.59 Å². The molecule has 1 rings (SSSR count). The van der Waals surface area contributed by atoms with Crippen molar-refractivity contribution in [3.05, 3.63) is 30.3 Å². The van der Waals surface area contributed by atoms with Crippen molar-refractivity contribution in [3.63, 3.8) is 0 Å². The van der Waals surface area contributed by atoms with Crippen molar-refractivity contribution in [3.8, 4) is 0 Å². The van der Waals surface area contributed by atoms with Crippen molar-refractivity contribution in [2.75, 3.05) is 24.7 Å². The zero-order chi connectivity index (χ0) is 26.7. The van der Waals surface area contributed by atoms with Crippen molar-refractivity contribution in [2.24, 2.45) is 11.8 Å². The smallest absolute Gasteiger partial charge is 0.780 e. The number of benzene rings is 1. The Labute approximate surface area is 255 Å². The predicted octanol–water partition coefficient (Wildman–Crippen LogP) is 7.34. The molecule has 0 aliphatic carbocycles. The Morgan fingerprint density at radius 3 is 1.33 bits per heavy atom. The zero-order valence-electron chi connectivity index (χ0n) is 22.8.